The van der Waals surface area contributed by atoms with E-state index in [-0.39, 0.29) is 18.0 Å². The van der Waals surface area contributed by atoms with Gasteiger partial charge in [-0.2, -0.15) is 0 Å². The lowest BCUT2D eigenvalue weighted by Crippen LogP contribution is -2.51. The Morgan fingerprint density at radius 3 is 3.00 bits per heavy atom. The summed E-state index contributed by atoms with van der Waals surface area (Å²) in [7, 11) is 0. The van der Waals surface area contributed by atoms with Crippen molar-refractivity contribution in [1.29, 1.82) is 0 Å². The van der Waals surface area contributed by atoms with Crippen LogP contribution in [0, 0.1) is 6.92 Å². The molecular formula is C22H26N4O2. The number of hydrogen-bond acceptors (Lipinski definition) is 4. The minimum Gasteiger partial charge on any atom is -0.486 e. The van der Waals surface area contributed by atoms with Gasteiger partial charge in [0.15, 0.2) is 0 Å². The Kier molecular flexibility index (Phi) is 5.30. The number of benzene rings is 1. The van der Waals surface area contributed by atoms with Crippen LogP contribution in [0.4, 0.5) is 0 Å². The highest BCUT2D eigenvalue weighted by atomic mass is 16.5. The summed E-state index contributed by atoms with van der Waals surface area (Å²) in [5.74, 6) is 0.478. The number of pyridine rings is 1. The second-order valence-corrected chi connectivity index (χ2v) is 7.45. The zero-order valence-corrected chi connectivity index (χ0v) is 16.3. The Labute approximate surface area is 164 Å². The van der Waals surface area contributed by atoms with E-state index in [1.807, 2.05) is 54.0 Å². The van der Waals surface area contributed by atoms with Gasteiger partial charge >= 0.3 is 0 Å². The Morgan fingerprint density at radius 2 is 2.14 bits per heavy atom. The first-order valence-electron chi connectivity index (χ1n) is 9.80. The lowest BCUT2D eigenvalue weighted by Gasteiger charge is -2.30. The number of amides is 1. The molecule has 0 radical (unpaired) electrons. The minimum atomic E-state index is -0.0956. The normalized spacial score (nSPS) is 19.5. The number of nitrogens with zero attached hydrogens (tertiary/aromatic N) is 2. The van der Waals surface area contributed by atoms with Crippen molar-refractivity contribution in [2.45, 2.75) is 45.4 Å². The van der Waals surface area contributed by atoms with E-state index in [1.165, 1.54) is 5.56 Å². The third-order valence-corrected chi connectivity index (χ3v) is 5.23. The molecule has 1 aliphatic rings. The summed E-state index contributed by atoms with van der Waals surface area (Å²) in [4.78, 5) is 17.4. The molecule has 1 fully saturated rings. The molecule has 6 nitrogen and oxygen atoms in total. The summed E-state index contributed by atoms with van der Waals surface area (Å²) >= 11 is 0. The fraction of sp³-hybridized carbons (Fsp3) is 0.364. The van der Waals surface area contributed by atoms with Gasteiger partial charge in [-0.05, 0) is 57.0 Å². The maximum atomic E-state index is 12.8. The molecule has 146 valence electrons. The molecular weight excluding hydrogens is 352 g/mol. The molecule has 2 unspecified atom stereocenters. The predicted molar refractivity (Wildman–Crippen MR) is 109 cm³/mol. The number of carbonyl (C=O) groups is 1. The van der Waals surface area contributed by atoms with Crippen LogP contribution in [-0.4, -0.2) is 33.9 Å². The molecule has 1 saturated heterocycles. The number of nitrogens with one attached hydrogen (secondary N) is 2. The number of ether oxygens (including phenoxy) is 1. The number of para-hydroxylation sites is 1. The SMILES string of the molecule is Cc1ccc2nc(COc3ccccc3C(=O)NC3CCCNC3C)cn2c1. The smallest absolute Gasteiger partial charge is 0.255 e. The lowest BCUT2D eigenvalue weighted by molar-refractivity contribution is 0.0915. The van der Waals surface area contributed by atoms with Gasteiger partial charge in [0.05, 0.1) is 11.3 Å². The second kappa shape index (κ2) is 8.02. The van der Waals surface area contributed by atoms with Crippen molar-refractivity contribution < 1.29 is 9.53 Å². The van der Waals surface area contributed by atoms with Crippen LogP contribution in [-0.2, 0) is 6.61 Å². The summed E-state index contributed by atoms with van der Waals surface area (Å²) < 4.78 is 7.96. The number of fused-ring (bicyclic) bond motifs is 1. The van der Waals surface area contributed by atoms with Crippen molar-refractivity contribution in [3.8, 4) is 5.75 Å². The molecule has 28 heavy (non-hydrogen) atoms. The standard InChI is InChI=1S/C22H26N4O2/c1-15-9-10-21-24-17(13-26(21)12-15)14-28-20-8-4-3-6-18(20)22(27)25-19-7-5-11-23-16(19)2/h3-4,6,8-10,12-13,16,19,23H,5,7,11,14H2,1-2H3,(H,25,27). The highest BCUT2D eigenvalue weighted by molar-refractivity contribution is 5.97. The molecule has 3 heterocycles. The number of imidazole rings is 1. The van der Waals surface area contributed by atoms with E-state index < -0.39 is 0 Å². The number of aromatic nitrogens is 2. The van der Waals surface area contributed by atoms with E-state index in [0.717, 1.165) is 30.7 Å². The zero-order chi connectivity index (χ0) is 19.5. The zero-order valence-electron chi connectivity index (χ0n) is 16.3. The molecule has 0 bridgehead atoms. The molecule has 0 spiro atoms. The fourth-order valence-corrected chi connectivity index (χ4v) is 3.64. The number of hydrogen-bond donors (Lipinski definition) is 2. The van der Waals surface area contributed by atoms with Crippen LogP contribution in [0.1, 0.15) is 41.4 Å². The molecule has 2 aromatic heterocycles. The van der Waals surface area contributed by atoms with Crippen LogP contribution >= 0.6 is 0 Å². The molecule has 4 rings (SSSR count). The van der Waals surface area contributed by atoms with Gasteiger partial charge in [-0.3, -0.25) is 4.79 Å². The summed E-state index contributed by atoms with van der Waals surface area (Å²) in [6.45, 7) is 5.48. The van der Waals surface area contributed by atoms with Crippen molar-refractivity contribution in [2.75, 3.05) is 6.54 Å². The molecule has 2 atom stereocenters. The van der Waals surface area contributed by atoms with E-state index >= 15 is 0 Å². The van der Waals surface area contributed by atoms with Crippen LogP contribution in [0.25, 0.3) is 5.65 Å². The van der Waals surface area contributed by atoms with Gasteiger partial charge in [0.2, 0.25) is 0 Å². The van der Waals surface area contributed by atoms with Gasteiger partial charge in [-0.25, -0.2) is 4.98 Å². The Bertz CT molecular complexity index is 982. The molecule has 6 heteroatoms. The van der Waals surface area contributed by atoms with Crippen LogP contribution in [0.15, 0.2) is 48.8 Å². The van der Waals surface area contributed by atoms with Crippen molar-refractivity contribution in [1.82, 2.24) is 20.0 Å². The van der Waals surface area contributed by atoms with E-state index in [0.29, 0.717) is 17.9 Å². The van der Waals surface area contributed by atoms with Gasteiger partial charge in [0.1, 0.15) is 18.0 Å². The van der Waals surface area contributed by atoms with Gasteiger partial charge in [-0.15, -0.1) is 0 Å². The number of rotatable bonds is 5. The molecule has 0 aliphatic carbocycles. The Balaban J connectivity index is 1.46. The van der Waals surface area contributed by atoms with Crippen LogP contribution in [0.2, 0.25) is 0 Å². The molecule has 3 aromatic rings. The highest BCUT2D eigenvalue weighted by Crippen LogP contribution is 2.20. The molecule has 1 aromatic carbocycles. The maximum Gasteiger partial charge on any atom is 0.255 e. The van der Waals surface area contributed by atoms with Crippen molar-refractivity contribution in [2.24, 2.45) is 0 Å². The quantitative estimate of drug-likeness (QED) is 0.716. The monoisotopic (exact) mass is 378 g/mol. The number of piperidine rings is 1. The molecule has 1 amide bonds. The number of aryl methyl sites for hydroxylation is 1. The third-order valence-electron chi connectivity index (χ3n) is 5.23. The van der Waals surface area contributed by atoms with Crippen molar-refractivity contribution in [3.05, 3.63) is 65.6 Å². The van der Waals surface area contributed by atoms with Crippen molar-refractivity contribution >= 4 is 11.6 Å². The van der Waals surface area contributed by atoms with E-state index in [2.05, 4.69) is 22.5 Å². The van der Waals surface area contributed by atoms with E-state index in [1.54, 1.807) is 6.07 Å². The van der Waals surface area contributed by atoms with Gasteiger partial charge in [0, 0.05) is 24.5 Å². The first kappa shape index (κ1) is 18.5. The molecule has 2 N–H and O–H groups in total. The van der Waals surface area contributed by atoms with Gasteiger partial charge in [-0.1, -0.05) is 18.2 Å². The summed E-state index contributed by atoms with van der Waals surface area (Å²) in [6.07, 6.45) is 6.05. The summed E-state index contributed by atoms with van der Waals surface area (Å²) in [5, 5.41) is 6.56. The van der Waals surface area contributed by atoms with Crippen molar-refractivity contribution in [3.63, 3.8) is 0 Å². The first-order chi connectivity index (χ1) is 13.6. The largest absolute Gasteiger partial charge is 0.486 e. The fourth-order valence-electron chi connectivity index (χ4n) is 3.64. The Hall–Kier alpha value is -2.86. The average molecular weight is 378 g/mol. The van der Waals surface area contributed by atoms with Crippen LogP contribution < -0.4 is 15.4 Å². The molecule has 1 aliphatic heterocycles. The lowest BCUT2D eigenvalue weighted by atomic mass is 9.99. The minimum absolute atomic E-state index is 0.0956. The van der Waals surface area contributed by atoms with E-state index in [9.17, 15) is 4.79 Å². The average Bonchev–Trinajstić information content (AvgIpc) is 3.10. The maximum absolute atomic E-state index is 12.8. The van der Waals surface area contributed by atoms with Crippen LogP contribution in [0.3, 0.4) is 0 Å². The number of carbonyl (C=O) groups excluding carboxylic acids is 1. The molecule has 0 saturated carbocycles. The summed E-state index contributed by atoms with van der Waals surface area (Å²) in [6, 6.07) is 11.8. The highest BCUT2D eigenvalue weighted by Gasteiger charge is 2.24. The van der Waals surface area contributed by atoms with Crippen LogP contribution in [0.5, 0.6) is 5.75 Å². The Morgan fingerprint density at radius 1 is 1.29 bits per heavy atom. The van der Waals surface area contributed by atoms with Gasteiger partial charge < -0.3 is 19.8 Å². The second-order valence-electron chi connectivity index (χ2n) is 7.45. The predicted octanol–water partition coefficient (Wildman–Crippen LogP) is 3.09. The third kappa shape index (κ3) is 4.02. The summed E-state index contributed by atoms with van der Waals surface area (Å²) in [5.41, 5.74) is 3.44. The first-order valence-corrected chi connectivity index (χ1v) is 9.80. The van der Waals surface area contributed by atoms with E-state index in [4.69, 9.17) is 4.74 Å². The topological polar surface area (TPSA) is 67.7 Å². The van der Waals surface area contributed by atoms with Gasteiger partial charge in [0.25, 0.3) is 5.91 Å².